The maximum Gasteiger partial charge on any atom is 0.408 e. The van der Waals surface area contributed by atoms with Crippen LogP contribution in [0.5, 0.6) is 0 Å². The summed E-state index contributed by atoms with van der Waals surface area (Å²) in [6.45, 7) is -0.0548. The molecule has 2 rings (SSSR count). The molecule has 0 saturated carbocycles. The van der Waals surface area contributed by atoms with Gasteiger partial charge in [0.05, 0.1) is 6.42 Å². The van der Waals surface area contributed by atoms with Crippen molar-refractivity contribution in [1.29, 1.82) is 0 Å². The third-order valence-corrected chi connectivity index (χ3v) is 3.77. The van der Waals surface area contributed by atoms with Crippen LogP contribution >= 0.6 is 0 Å². The maximum atomic E-state index is 12.1. The number of carboxylic acid groups (broad SMARTS) is 2. The van der Waals surface area contributed by atoms with Crippen molar-refractivity contribution < 1.29 is 29.3 Å². The van der Waals surface area contributed by atoms with Crippen molar-refractivity contribution >= 4 is 18.0 Å². The Morgan fingerprint density at radius 2 is 1.42 bits per heavy atom. The predicted octanol–water partition coefficient (Wildman–Crippen LogP) is 2.45. The van der Waals surface area contributed by atoms with Crippen molar-refractivity contribution in [3.05, 3.63) is 71.8 Å². The first-order valence-corrected chi connectivity index (χ1v) is 7.89. The number of carbonyl (C=O) groups excluding carboxylic acids is 1. The Labute approximate surface area is 150 Å². The molecule has 3 N–H and O–H groups in total. The Balaban J connectivity index is 2.15. The average Bonchev–Trinajstić information content (AvgIpc) is 2.61. The van der Waals surface area contributed by atoms with E-state index in [1.165, 1.54) is 0 Å². The van der Waals surface area contributed by atoms with Gasteiger partial charge in [-0.3, -0.25) is 4.79 Å². The van der Waals surface area contributed by atoms with E-state index in [4.69, 9.17) is 9.84 Å². The molecule has 2 aromatic carbocycles. The molecule has 0 bridgehead atoms. The first kappa shape index (κ1) is 19.0. The molecule has 0 aliphatic carbocycles. The third kappa shape index (κ3) is 5.34. The van der Waals surface area contributed by atoms with E-state index in [9.17, 15) is 19.5 Å². The Morgan fingerprint density at radius 1 is 0.885 bits per heavy atom. The molecule has 0 saturated heterocycles. The first-order chi connectivity index (χ1) is 12.4. The van der Waals surface area contributed by atoms with Crippen LogP contribution in [0.25, 0.3) is 0 Å². The molecule has 7 heteroatoms. The van der Waals surface area contributed by atoms with Gasteiger partial charge in [0.15, 0.2) is 5.54 Å². The van der Waals surface area contributed by atoms with Gasteiger partial charge in [-0.25, -0.2) is 9.59 Å². The lowest BCUT2D eigenvalue weighted by molar-refractivity contribution is -0.151. The molecule has 0 radical (unpaired) electrons. The summed E-state index contributed by atoms with van der Waals surface area (Å²) in [6, 6.07) is 17.4. The zero-order chi connectivity index (χ0) is 19.0. The molecule has 1 atom stereocenters. The van der Waals surface area contributed by atoms with Crippen LogP contribution in [0.3, 0.4) is 0 Å². The quantitative estimate of drug-likeness (QED) is 0.669. The summed E-state index contributed by atoms with van der Waals surface area (Å²) < 4.78 is 5.05. The highest BCUT2D eigenvalue weighted by Crippen LogP contribution is 2.19. The maximum absolute atomic E-state index is 12.1. The van der Waals surface area contributed by atoms with Crippen LogP contribution in [0.15, 0.2) is 60.7 Å². The van der Waals surface area contributed by atoms with Crippen molar-refractivity contribution in [2.24, 2.45) is 0 Å². The molecule has 0 aromatic heterocycles. The van der Waals surface area contributed by atoms with Gasteiger partial charge in [0.25, 0.3) is 0 Å². The highest BCUT2D eigenvalue weighted by Gasteiger charge is 2.43. The fourth-order valence-electron chi connectivity index (χ4n) is 2.51. The molecule has 0 aliphatic heterocycles. The van der Waals surface area contributed by atoms with Gasteiger partial charge in [0.1, 0.15) is 6.61 Å². The molecule has 0 aliphatic rings. The van der Waals surface area contributed by atoms with E-state index in [1.807, 2.05) is 6.07 Å². The Hall–Kier alpha value is -3.35. The number of aliphatic carboxylic acids is 2. The van der Waals surface area contributed by atoms with E-state index in [0.717, 1.165) is 5.56 Å². The first-order valence-electron chi connectivity index (χ1n) is 7.89. The SMILES string of the molecule is O=C(O)CC(Cc1ccccc1)(NC(=O)OCc1ccccc1)C(=O)O. The van der Waals surface area contributed by atoms with E-state index in [-0.39, 0.29) is 13.0 Å². The minimum absolute atomic E-state index is 0.0548. The lowest BCUT2D eigenvalue weighted by Gasteiger charge is -2.28. The topological polar surface area (TPSA) is 113 Å². The summed E-state index contributed by atoms with van der Waals surface area (Å²) >= 11 is 0. The summed E-state index contributed by atoms with van der Waals surface area (Å²) in [5, 5.41) is 21.0. The number of carboxylic acids is 2. The number of carbonyl (C=O) groups is 3. The Kier molecular flexibility index (Phi) is 6.32. The molecule has 0 fully saturated rings. The van der Waals surface area contributed by atoms with Gasteiger partial charge in [0.2, 0.25) is 0 Å². The van der Waals surface area contributed by atoms with Crippen molar-refractivity contribution in [1.82, 2.24) is 5.32 Å². The zero-order valence-corrected chi connectivity index (χ0v) is 13.9. The molecule has 136 valence electrons. The highest BCUT2D eigenvalue weighted by molar-refractivity contribution is 5.89. The molecule has 0 heterocycles. The van der Waals surface area contributed by atoms with E-state index in [0.29, 0.717) is 5.56 Å². The lowest BCUT2D eigenvalue weighted by Crippen LogP contribution is -2.57. The van der Waals surface area contributed by atoms with Gasteiger partial charge < -0.3 is 20.3 Å². The zero-order valence-electron chi connectivity index (χ0n) is 13.9. The number of hydrogen-bond donors (Lipinski definition) is 3. The molecule has 0 spiro atoms. The number of hydrogen-bond acceptors (Lipinski definition) is 4. The molecule has 26 heavy (non-hydrogen) atoms. The van der Waals surface area contributed by atoms with Crippen molar-refractivity contribution in [3.8, 4) is 0 Å². The number of ether oxygens (including phenoxy) is 1. The Morgan fingerprint density at radius 3 is 1.92 bits per heavy atom. The van der Waals surface area contributed by atoms with Crippen LogP contribution in [0.2, 0.25) is 0 Å². The fraction of sp³-hybridized carbons (Fsp3) is 0.211. The van der Waals surface area contributed by atoms with Crippen molar-refractivity contribution in [2.75, 3.05) is 0 Å². The lowest BCUT2D eigenvalue weighted by atomic mass is 9.87. The van der Waals surface area contributed by atoms with Crippen LogP contribution in [0.4, 0.5) is 4.79 Å². The fourth-order valence-corrected chi connectivity index (χ4v) is 2.51. The molecular formula is C19H19NO6. The third-order valence-electron chi connectivity index (χ3n) is 3.77. The minimum Gasteiger partial charge on any atom is -0.481 e. The minimum atomic E-state index is -2.01. The van der Waals surface area contributed by atoms with Crippen LogP contribution < -0.4 is 5.32 Å². The van der Waals surface area contributed by atoms with Crippen LogP contribution in [-0.4, -0.2) is 33.8 Å². The van der Waals surface area contributed by atoms with Gasteiger partial charge in [0, 0.05) is 6.42 Å². The largest absolute Gasteiger partial charge is 0.481 e. The van der Waals surface area contributed by atoms with Crippen LogP contribution in [0, 0.1) is 0 Å². The van der Waals surface area contributed by atoms with Gasteiger partial charge in [-0.1, -0.05) is 60.7 Å². The summed E-state index contributed by atoms with van der Waals surface area (Å²) in [5.41, 5.74) is -0.703. The van der Waals surface area contributed by atoms with Gasteiger partial charge in [-0.2, -0.15) is 0 Å². The van der Waals surface area contributed by atoms with Crippen molar-refractivity contribution in [2.45, 2.75) is 25.0 Å². The molecular weight excluding hydrogens is 338 g/mol. The molecule has 2 aromatic rings. The summed E-state index contributed by atoms with van der Waals surface area (Å²) in [4.78, 5) is 35.2. The van der Waals surface area contributed by atoms with Crippen LogP contribution in [0.1, 0.15) is 17.5 Å². The Bertz CT molecular complexity index is 762. The normalized spacial score (nSPS) is 12.6. The number of amides is 1. The monoisotopic (exact) mass is 357 g/mol. The predicted molar refractivity (Wildman–Crippen MR) is 92.5 cm³/mol. The molecule has 1 unspecified atom stereocenters. The summed E-state index contributed by atoms with van der Waals surface area (Å²) in [5.74, 6) is -2.79. The smallest absolute Gasteiger partial charge is 0.408 e. The number of nitrogens with one attached hydrogen (secondary N) is 1. The van der Waals surface area contributed by atoms with E-state index < -0.39 is 30.0 Å². The van der Waals surface area contributed by atoms with E-state index >= 15 is 0 Å². The molecule has 7 nitrogen and oxygen atoms in total. The van der Waals surface area contributed by atoms with Crippen LogP contribution in [-0.2, 0) is 27.4 Å². The molecule has 1 amide bonds. The second kappa shape index (κ2) is 8.66. The van der Waals surface area contributed by atoms with Gasteiger partial charge >= 0.3 is 18.0 Å². The van der Waals surface area contributed by atoms with E-state index in [1.54, 1.807) is 54.6 Å². The van der Waals surface area contributed by atoms with Gasteiger partial charge in [-0.15, -0.1) is 0 Å². The standard InChI is InChI=1S/C19H19NO6/c21-16(22)12-19(17(23)24,11-14-7-3-1-4-8-14)20-18(25)26-13-15-9-5-2-6-10-15/h1-10H,11-13H2,(H,20,25)(H,21,22)(H,23,24). The van der Waals surface area contributed by atoms with Crippen molar-refractivity contribution in [3.63, 3.8) is 0 Å². The summed E-state index contributed by atoms with van der Waals surface area (Å²) in [7, 11) is 0. The number of alkyl carbamates (subject to hydrolysis) is 1. The number of benzene rings is 2. The highest BCUT2D eigenvalue weighted by atomic mass is 16.5. The summed E-state index contributed by atoms with van der Waals surface area (Å²) in [6.07, 6.45) is -1.96. The number of rotatable bonds is 8. The second-order valence-electron chi connectivity index (χ2n) is 5.81. The van der Waals surface area contributed by atoms with Gasteiger partial charge in [-0.05, 0) is 11.1 Å². The van der Waals surface area contributed by atoms with E-state index in [2.05, 4.69) is 5.32 Å². The average molecular weight is 357 g/mol. The second-order valence-corrected chi connectivity index (χ2v) is 5.81.